The van der Waals surface area contributed by atoms with Gasteiger partial charge in [-0.3, -0.25) is 14.4 Å². The molecule has 2 heterocycles. The normalized spacial score (nSPS) is 18.6. The van der Waals surface area contributed by atoms with Gasteiger partial charge in [-0.15, -0.1) is 0 Å². The Morgan fingerprint density at radius 1 is 1.05 bits per heavy atom. The number of carbonyl (C=O) groups is 1. The van der Waals surface area contributed by atoms with Gasteiger partial charge in [-0.1, -0.05) is 54.8 Å². The highest BCUT2D eigenvalue weighted by Crippen LogP contribution is 2.46. The van der Waals surface area contributed by atoms with Gasteiger partial charge in [0.15, 0.2) is 0 Å². The minimum absolute atomic E-state index is 0.162. The van der Waals surface area contributed by atoms with E-state index < -0.39 is 28.7 Å². The van der Waals surface area contributed by atoms with Crippen LogP contribution in [0.4, 0.5) is 13.2 Å². The zero-order valence-corrected chi connectivity index (χ0v) is 22.2. The molecule has 9 heteroatoms. The predicted molar refractivity (Wildman–Crippen MR) is 142 cm³/mol. The largest absolute Gasteiger partial charge is 0.417 e. The second-order valence-corrected chi connectivity index (χ2v) is 10.7. The van der Waals surface area contributed by atoms with Gasteiger partial charge >= 0.3 is 6.18 Å². The summed E-state index contributed by atoms with van der Waals surface area (Å²) < 4.78 is 42.4. The van der Waals surface area contributed by atoms with Crippen LogP contribution in [0.3, 0.4) is 0 Å². The first-order valence-corrected chi connectivity index (χ1v) is 13.6. The molecule has 0 radical (unpaired) electrons. The van der Waals surface area contributed by atoms with Crippen molar-refractivity contribution in [1.82, 2.24) is 20.0 Å². The zero-order valence-electron chi connectivity index (χ0n) is 21.4. The van der Waals surface area contributed by atoms with Gasteiger partial charge in [0.25, 0.3) is 5.91 Å². The number of benzene rings is 2. The first-order chi connectivity index (χ1) is 18.2. The molecular formula is C29H32ClF3N4O. The van der Waals surface area contributed by atoms with Gasteiger partial charge in [-0.2, -0.15) is 18.3 Å². The smallest absolute Gasteiger partial charge is 0.343 e. The van der Waals surface area contributed by atoms with Gasteiger partial charge < -0.3 is 5.32 Å². The van der Waals surface area contributed by atoms with E-state index in [4.69, 9.17) is 11.6 Å². The Labute approximate surface area is 226 Å². The van der Waals surface area contributed by atoms with Crippen molar-refractivity contribution in [1.29, 1.82) is 0 Å². The Morgan fingerprint density at radius 2 is 1.74 bits per heavy atom. The van der Waals surface area contributed by atoms with Crippen LogP contribution < -0.4 is 5.32 Å². The number of hydrogen-bond acceptors (Lipinski definition) is 3. The van der Waals surface area contributed by atoms with E-state index in [1.165, 1.54) is 12.1 Å². The number of alkyl halides is 3. The van der Waals surface area contributed by atoms with E-state index in [9.17, 15) is 18.0 Å². The van der Waals surface area contributed by atoms with Crippen molar-refractivity contribution < 1.29 is 18.0 Å². The molecule has 0 bridgehead atoms. The van der Waals surface area contributed by atoms with E-state index in [1.54, 1.807) is 0 Å². The number of hydrogen-bond donors (Lipinski definition) is 1. The molecule has 1 aliphatic heterocycles. The lowest BCUT2D eigenvalue weighted by molar-refractivity contribution is -0.137. The van der Waals surface area contributed by atoms with Crippen molar-refractivity contribution in [2.45, 2.75) is 69.8 Å². The molecule has 5 rings (SSSR count). The molecule has 0 spiro atoms. The van der Waals surface area contributed by atoms with Crippen LogP contribution in [-0.2, 0) is 12.7 Å². The third-order valence-electron chi connectivity index (χ3n) is 8.10. The molecule has 1 aromatic heterocycles. The molecule has 2 fully saturated rings. The number of carbonyl (C=O) groups excluding carboxylic acids is 1. The van der Waals surface area contributed by atoms with E-state index in [-0.39, 0.29) is 11.1 Å². The van der Waals surface area contributed by atoms with Gasteiger partial charge in [0.2, 0.25) is 0 Å². The summed E-state index contributed by atoms with van der Waals surface area (Å²) in [6, 6.07) is 11.2. The van der Waals surface area contributed by atoms with E-state index >= 15 is 0 Å². The third-order valence-corrected chi connectivity index (χ3v) is 8.51. The predicted octanol–water partition coefficient (Wildman–Crippen LogP) is 7.12. The second kappa shape index (κ2) is 10.7. The molecule has 1 saturated carbocycles. The highest BCUT2D eigenvalue weighted by Gasteiger charge is 2.48. The van der Waals surface area contributed by atoms with E-state index in [2.05, 4.69) is 15.3 Å². The molecule has 38 heavy (non-hydrogen) atoms. The lowest BCUT2D eigenvalue weighted by Crippen LogP contribution is -2.55. The Morgan fingerprint density at radius 3 is 2.34 bits per heavy atom. The number of likely N-dealkylation sites (tertiary alicyclic amines) is 1. The van der Waals surface area contributed by atoms with Gasteiger partial charge in [0.1, 0.15) is 0 Å². The third kappa shape index (κ3) is 5.08. The molecule has 1 saturated heterocycles. The Bertz CT molecular complexity index is 1280. The van der Waals surface area contributed by atoms with Crippen LogP contribution in [0.2, 0.25) is 5.02 Å². The van der Waals surface area contributed by atoms with Crippen LogP contribution in [0.1, 0.15) is 73.0 Å². The molecule has 1 aliphatic carbocycles. The van der Waals surface area contributed by atoms with Crippen LogP contribution in [-0.4, -0.2) is 39.2 Å². The summed E-state index contributed by atoms with van der Waals surface area (Å²) in [6.45, 7) is 4.71. The number of halogens is 4. The first-order valence-electron chi connectivity index (χ1n) is 13.3. The summed E-state index contributed by atoms with van der Waals surface area (Å²) in [5, 5.41) is 6.94. The number of aromatic nitrogens is 2. The summed E-state index contributed by atoms with van der Waals surface area (Å²) >= 11 is 6.14. The van der Waals surface area contributed by atoms with Gasteiger partial charge in [0.05, 0.1) is 28.4 Å². The zero-order chi connectivity index (χ0) is 26.9. The fourth-order valence-electron chi connectivity index (χ4n) is 6.15. The van der Waals surface area contributed by atoms with Crippen LogP contribution in [0.5, 0.6) is 0 Å². The maximum Gasteiger partial charge on any atom is 0.417 e. The Balaban J connectivity index is 1.52. The molecule has 1 atom stereocenters. The van der Waals surface area contributed by atoms with Gasteiger partial charge in [0, 0.05) is 23.8 Å². The van der Waals surface area contributed by atoms with E-state index in [0.717, 1.165) is 80.9 Å². The SMILES string of the molecule is CCn1cc(-c2ccc(C(NC(=O)c3cccc(C(F)(F)F)c3Cl)C3(N4CCCC4)CCCC3)cc2)cn1. The lowest BCUT2D eigenvalue weighted by atomic mass is 9.81. The van der Waals surface area contributed by atoms with Crippen molar-refractivity contribution in [3.8, 4) is 11.1 Å². The molecule has 1 N–H and O–H groups in total. The maximum atomic E-state index is 13.6. The standard InChI is InChI=1S/C29H32ClF3N4O/c1-2-37-19-22(18-34-37)20-10-12-21(13-11-20)26(28(14-3-4-15-28)36-16-5-6-17-36)35-27(38)23-8-7-9-24(25(23)30)29(31,32)33/h7-13,18-19,26H,2-6,14-17H2,1H3,(H,35,38). The summed E-state index contributed by atoms with van der Waals surface area (Å²) in [5.41, 5.74) is 1.49. The molecule has 202 valence electrons. The topological polar surface area (TPSA) is 50.2 Å². The monoisotopic (exact) mass is 544 g/mol. The second-order valence-electron chi connectivity index (χ2n) is 10.3. The molecule has 2 aromatic carbocycles. The average Bonchev–Trinajstić information content (AvgIpc) is 3.68. The minimum atomic E-state index is -4.64. The first kappa shape index (κ1) is 26.8. The van der Waals surface area contributed by atoms with Crippen LogP contribution >= 0.6 is 11.6 Å². The van der Waals surface area contributed by atoms with Crippen LogP contribution in [0.15, 0.2) is 54.9 Å². The number of amides is 1. The quantitative estimate of drug-likeness (QED) is 0.344. The van der Waals surface area contributed by atoms with Crippen molar-refractivity contribution >= 4 is 17.5 Å². The molecule has 2 aliphatic rings. The molecule has 3 aromatic rings. The highest BCUT2D eigenvalue weighted by atomic mass is 35.5. The molecular weight excluding hydrogens is 513 g/mol. The average molecular weight is 545 g/mol. The highest BCUT2D eigenvalue weighted by molar-refractivity contribution is 6.34. The summed E-state index contributed by atoms with van der Waals surface area (Å²) in [4.78, 5) is 16.1. The van der Waals surface area contributed by atoms with E-state index in [1.807, 2.05) is 48.3 Å². The van der Waals surface area contributed by atoms with E-state index in [0.29, 0.717) is 0 Å². The lowest BCUT2D eigenvalue weighted by Gasteiger charge is -2.45. The number of aryl methyl sites for hydroxylation is 1. The summed E-state index contributed by atoms with van der Waals surface area (Å²) in [5.74, 6) is -0.593. The summed E-state index contributed by atoms with van der Waals surface area (Å²) in [6.07, 6.45) is 5.30. The van der Waals surface area contributed by atoms with Gasteiger partial charge in [-0.25, -0.2) is 0 Å². The molecule has 1 amide bonds. The number of nitrogens with one attached hydrogen (secondary N) is 1. The van der Waals surface area contributed by atoms with Crippen molar-refractivity contribution in [2.24, 2.45) is 0 Å². The summed E-state index contributed by atoms with van der Waals surface area (Å²) in [7, 11) is 0. The fraction of sp³-hybridized carbons (Fsp3) is 0.448. The maximum absolute atomic E-state index is 13.6. The van der Waals surface area contributed by atoms with Crippen LogP contribution in [0, 0.1) is 0 Å². The van der Waals surface area contributed by atoms with Crippen LogP contribution in [0.25, 0.3) is 11.1 Å². The van der Waals surface area contributed by atoms with Crippen molar-refractivity contribution in [2.75, 3.05) is 13.1 Å². The Hall–Kier alpha value is -2.84. The van der Waals surface area contributed by atoms with Gasteiger partial charge in [-0.05, 0) is 69.0 Å². The molecule has 5 nitrogen and oxygen atoms in total. The number of rotatable bonds is 7. The number of nitrogens with zero attached hydrogens (tertiary/aromatic N) is 3. The molecule has 1 unspecified atom stereocenters. The minimum Gasteiger partial charge on any atom is -0.343 e. The van der Waals surface area contributed by atoms with Crippen molar-refractivity contribution in [3.63, 3.8) is 0 Å². The fourth-order valence-corrected chi connectivity index (χ4v) is 6.47. The van der Waals surface area contributed by atoms with Crippen molar-refractivity contribution in [3.05, 3.63) is 76.6 Å². The Kier molecular flexibility index (Phi) is 7.56.